The van der Waals surface area contributed by atoms with Crippen molar-refractivity contribution in [1.29, 1.82) is 5.26 Å². The molecular weight excluding hydrogens is 964 g/mol. The number of carbonyl (C=O) groups is 4. The van der Waals surface area contributed by atoms with Gasteiger partial charge in [-0.15, -0.1) is 0 Å². The maximum Gasteiger partial charge on any atom is 0.419 e. The minimum Gasteiger partial charge on any atom is -0.443 e. The van der Waals surface area contributed by atoms with Gasteiger partial charge in [-0.05, 0) is 105 Å². The van der Waals surface area contributed by atoms with Gasteiger partial charge in [-0.3, -0.25) is 24.1 Å². The van der Waals surface area contributed by atoms with Crippen molar-refractivity contribution in [1.82, 2.24) is 25.5 Å². The van der Waals surface area contributed by atoms with E-state index in [0.29, 0.717) is 37.1 Å². The second-order valence-corrected chi connectivity index (χ2v) is 20.1. The maximum absolute atomic E-state index is 14.1. The number of benzene rings is 3. The minimum atomic E-state index is -4.87. The number of alkyl halides is 3. The number of halogens is 3. The van der Waals surface area contributed by atoms with Gasteiger partial charge in [0.15, 0.2) is 23.0 Å². The predicted octanol–water partition coefficient (Wildman–Crippen LogP) is 8.10. The van der Waals surface area contributed by atoms with Gasteiger partial charge in [0.05, 0.1) is 35.3 Å². The van der Waals surface area contributed by atoms with Crippen molar-refractivity contribution in [3.63, 3.8) is 0 Å². The van der Waals surface area contributed by atoms with Crippen molar-refractivity contribution in [2.24, 2.45) is 5.41 Å². The van der Waals surface area contributed by atoms with Crippen LogP contribution >= 0.6 is 12.2 Å². The van der Waals surface area contributed by atoms with Crippen LogP contribution in [0.25, 0.3) is 22.5 Å². The summed E-state index contributed by atoms with van der Waals surface area (Å²) in [4.78, 5) is 66.2. The van der Waals surface area contributed by atoms with E-state index in [-0.39, 0.29) is 30.4 Å². The molecule has 2 fully saturated rings. The number of aliphatic hydroxyl groups excluding tert-OH is 1. The summed E-state index contributed by atoms with van der Waals surface area (Å²) in [5.41, 5.74) is 1.44. The monoisotopic (exact) mass is 1020 g/mol. The highest BCUT2D eigenvalue weighted by atomic mass is 32.1. The van der Waals surface area contributed by atoms with Crippen LogP contribution in [0.1, 0.15) is 89.4 Å². The molecule has 5 aromatic rings. The lowest BCUT2D eigenvalue weighted by atomic mass is 9.85. The number of aromatic nitrogens is 2. The van der Waals surface area contributed by atoms with Gasteiger partial charge in [-0.2, -0.15) is 18.4 Å². The summed E-state index contributed by atoms with van der Waals surface area (Å²) in [7, 11) is 0. The lowest BCUT2D eigenvalue weighted by Gasteiger charge is -2.35. The number of β-amino-alcohol motifs (C(OH)–C–C–N with tert-alkyl or cyclic N) is 1. The second kappa shape index (κ2) is 21.9. The Labute approximate surface area is 426 Å². The first kappa shape index (κ1) is 53.6. The summed E-state index contributed by atoms with van der Waals surface area (Å²) in [5.74, 6) is -1.24. The van der Waals surface area contributed by atoms with E-state index < -0.39 is 76.2 Å². The van der Waals surface area contributed by atoms with Gasteiger partial charge in [-0.25, -0.2) is 9.97 Å². The van der Waals surface area contributed by atoms with Gasteiger partial charge in [0.25, 0.3) is 5.91 Å². The first-order valence-electron chi connectivity index (χ1n) is 23.8. The fraction of sp³-hybridized carbons (Fsp3) is 0.396. The summed E-state index contributed by atoms with van der Waals surface area (Å²) < 4.78 is 52.4. The van der Waals surface area contributed by atoms with Crippen molar-refractivity contribution in [3.8, 4) is 28.5 Å². The number of nitrogens with zero attached hydrogens (tertiary/aromatic N) is 6. The van der Waals surface area contributed by atoms with Gasteiger partial charge in [-0.1, -0.05) is 69.3 Å². The van der Waals surface area contributed by atoms with E-state index in [9.17, 15) is 42.7 Å². The Morgan fingerprint density at radius 2 is 1.60 bits per heavy atom. The van der Waals surface area contributed by atoms with Crippen LogP contribution in [0.5, 0.6) is 0 Å². The normalized spacial score (nSPS) is 17.6. The number of hydrogen-bond acceptors (Lipinski definition) is 12. The van der Waals surface area contributed by atoms with Gasteiger partial charge < -0.3 is 40.0 Å². The summed E-state index contributed by atoms with van der Waals surface area (Å²) in [6.45, 7) is 13.0. The number of pyridine rings is 1. The van der Waals surface area contributed by atoms with Crippen LogP contribution in [-0.2, 0) is 30.1 Å². The number of nitrogens with one attached hydrogen (secondary N) is 3. The van der Waals surface area contributed by atoms with Crippen LogP contribution < -0.4 is 25.8 Å². The Morgan fingerprint density at radius 3 is 2.21 bits per heavy atom. The Hall–Kier alpha value is -7.21. The zero-order valence-corrected chi connectivity index (χ0v) is 42.4. The average molecular weight is 1020 g/mol. The molecule has 0 bridgehead atoms. The molecule has 4 heterocycles. The van der Waals surface area contributed by atoms with Crippen LogP contribution in [0.4, 0.5) is 30.2 Å². The third-order valence-corrected chi connectivity index (χ3v) is 13.3. The highest BCUT2D eigenvalue weighted by Crippen LogP contribution is 2.40. The molecule has 7 rings (SSSR count). The molecular formula is C53H58F3N9O7S. The summed E-state index contributed by atoms with van der Waals surface area (Å²) in [6, 6.07) is 22.4. The predicted molar refractivity (Wildman–Crippen MR) is 272 cm³/mol. The maximum atomic E-state index is 14.1. The molecule has 1 unspecified atom stereocenters. The number of ether oxygens (including phenoxy) is 1. The van der Waals surface area contributed by atoms with E-state index in [1.807, 2.05) is 95.3 Å². The first-order valence-corrected chi connectivity index (χ1v) is 24.2. The van der Waals surface area contributed by atoms with Crippen LogP contribution in [0.15, 0.2) is 95.9 Å². The summed E-state index contributed by atoms with van der Waals surface area (Å²) in [6.07, 6.45) is -1.91. The third-order valence-electron chi connectivity index (χ3n) is 12.9. The lowest BCUT2D eigenvalue weighted by Crippen LogP contribution is -2.58. The molecule has 0 radical (unpaired) electrons. The number of likely N-dealkylation sites (tertiary alicyclic amines) is 1. The van der Waals surface area contributed by atoms with Crippen molar-refractivity contribution in [2.75, 3.05) is 41.4 Å². The quantitative estimate of drug-likeness (QED) is 0.0514. The molecule has 0 aliphatic carbocycles. The van der Waals surface area contributed by atoms with Crippen LogP contribution in [0, 0.1) is 23.7 Å². The zero-order chi connectivity index (χ0) is 53.0. The first-order chi connectivity index (χ1) is 34.5. The van der Waals surface area contributed by atoms with E-state index in [0.717, 1.165) is 51.2 Å². The van der Waals surface area contributed by atoms with Crippen LogP contribution in [-0.4, -0.2) is 98.7 Å². The number of aliphatic hydroxyl groups is 1. The van der Waals surface area contributed by atoms with Gasteiger partial charge >= 0.3 is 6.18 Å². The molecule has 3 aromatic carbocycles. The minimum absolute atomic E-state index is 0.0306. The average Bonchev–Trinajstić information content (AvgIpc) is 4.01. The number of thiocarbonyl (C=S) groups is 1. The highest BCUT2D eigenvalue weighted by Gasteiger charge is 2.51. The number of oxazole rings is 1. The van der Waals surface area contributed by atoms with Crippen molar-refractivity contribution in [2.45, 2.75) is 104 Å². The third kappa shape index (κ3) is 12.0. The molecule has 384 valence electrons. The van der Waals surface area contributed by atoms with E-state index in [2.05, 4.69) is 25.9 Å². The Morgan fingerprint density at radius 1 is 0.959 bits per heavy atom. The van der Waals surface area contributed by atoms with Crippen LogP contribution in [0.3, 0.4) is 0 Å². The number of rotatable bonds is 17. The Bertz CT molecular complexity index is 2880. The largest absolute Gasteiger partial charge is 0.443 e. The number of nitriles is 1. The molecule has 2 aliphatic rings. The number of amides is 4. The molecule has 73 heavy (non-hydrogen) atoms. The lowest BCUT2D eigenvalue weighted by molar-refractivity contribution is -0.144. The molecule has 20 heteroatoms. The molecule has 16 nitrogen and oxygen atoms in total. The van der Waals surface area contributed by atoms with E-state index in [1.54, 1.807) is 30.9 Å². The molecule has 4 N–H and O–H groups in total. The van der Waals surface area contributed by atoms with Crippen LogP contribution in [0.2, 0.25) is 0 Å². The van der Waals surface area contributed by atoms with E-state index in [1.165, 1.54) is 17.4 Å². The number of unbranched alkanes of at least 4 members (excludes halogenated alkanes) is 1. The number of carbonyl (C=O) groups excluding carboxylic acids is 4. The van der Waals surface area contributed by atoms with Gasteiger partial charge in [0, 0.05) is 43.1 Å². The molecule has 2 aromatic heterocycles. The van der Waals surface area contributed by atoms with E-state index in [4.69, 9.17) is 21.4 Å². The fourth-order valence-electron chi connectivity index (χ4n) is 8.87. The molecule has 0 saturated carbocycles. The Kier molecular flexibility index (Phi) is 16.1. The summed E-state index contributed by atoms with van der Waals surface area (Å²) in [5, 5.41) is 29.0. The smallest absolute Gasteiger partial charge is 0.419 e. The fourth-order valence-corrected chi connectivity index (χ4v) is 9.39. The molecule has 2 saturated heterocycles. The number of hydrogen-bond donors (Lipinski definition) is 4. The molecule has 0 spiro atoms. The zero-order valence-electron chi connectivity index (χ0n) is 41.5. The molecule has 4 amide bonds. The molecule has 4 atom stereocenters. The number of aryl methyl sites for hydroxylation is 1. The summed E-state index contributed by atoms with van der Waals surface area (Å²) >= 11 is 5.65. The Balaban J connectivity index is 0.847. The number of anilines is 3. The van der Waals surface area contributed by atoms with Gasteiger partial charge in [0.2, 0.25) is 17.7 Å². The topological polar surface area (TPSA) is 206 Å². The SMILES string of the molecule is Cc1ncoc1-c1ccc([C@H](C)NC(=O)[C@@H]2C[C@@H](O)CN2C(=O)C(NC(=O)COCCCCNc2ccc(-c3ccc(N4C(=S)N(c5cnc(C#N)c(C(F)(F)F)c5)C(=O)C4(C)C)cc3)cc2)C(C)(C)C)cc1. The van der Waals surface area contributed by atoms with Crippen molar-refractivity contribution >= 4 is 58.0 Å². The second-order valence-electron chi connectivity index (χ2n) is 19.7. The van der Waals surface area contributed by atoms with Crippen molar-refractivity contribution in [3.05, 3.63) is 114 Å². The van der Waals surface area contributed by atoms with Crippen molar-refractivity contribution < 1.29 is 46.6 Å². The highest BCUT2D eigenvalue weighted by molar-refractivity contribution is 7.81. The standard InChI is InChI=1S/C53H58F3N9O7S/c1-31(33-10-12-36(13-11-33)45-32(2)60-30-72-45)61-47(68)43-25-40(66)28-63(43)48(69)46(51(3,4)5)62-44(67)29-71-23-9-8-22-58-37-18-14-34(15-19-37)35-16-20-38(21-17-35)65-50(73)64(49(70)52(65,6)7)39-24-41(53(54,55)56)42(26-57)59-27-39/h10-21,24,27,30-31,40,43,46,58,66H,8-9,22-23,25,28-29H2,1-7H3,(H,61,68)(H,62,67)/t31-,40+,43-,46?/m0/s1. The van der Waals surface area contributed by atoms with E-state index >= 15 is 0 Å². The molecule has 2 aliphatic heterocycles. The van der Waals surface area contributed by atoms with Gasteiger partial charge in [0.1, 0.15) is 30.3 Å².